The van der Waals surface area contributed by atoms with Crippen molar-refractivity contribution in [2.24, 2.45) is 0 Å². The van der Waals surface area contributed by atoms with Crippen LogP contribution in [-0.4, -0.2) is 59.1 Å². The van der Waals surface area contributed by atoms with Crippen LogP contribution < -0.4 is 4.74 Å². The predicted octanol–water partition coefficient (Wildman–Crippen LogP) is 4.06. The first-order valence-corrected chi connectivity index (χ1v) is 10.8. The lowest BCUT2D eigenvalue weighted by Crippen LogP contribution is -2.47. The van der Waals surface area contributed by atoms with Gasteiger partial charge in [-0.1, -0.05) is 28.9 Å². The number of ether oxygens (including phenoxy) is 1. The Morgan fingerprint density at radius 2 is 1.91 bits per heavy atom. The average Bonchev–Trinajstić information content (AvgIpc) is 3.28. The summed E-state index contributed by atoms with van der Waals surface area (Å²) in [5.41, 5.74) is 2.80. The number of methoxy groups -OCH3 is 1. The van der Waals surface area contributed by atoms with E-state index >= 15 is 0 Å². The number of aryl methyl sites for hydroxylation is 1. The van der Waals surface area contributed by atoms with Gasteiger partial charge in [0, 0.05) is 42.8 Å². The summed E-state index contributed by atoms with van der Waals surface area (Å²) in [5.74, 6) is 1.90. The maximum atomic E-state index is 12.5. The third-order valence-corrected chi connectivity index (χ3v) is 5.88. The number of aromatic nitrogens is 2. The lowest BCUT2D eigenvalue weighted by atomic mass is 10.1. The molecular weight excluding hydrogens is 428 g/mol. The SMILES string of the molecule is COc1ccc(-c2noc(CN3CCN(C(=O)/C=C/c4ccc(C)c(Cl)c4)CC3)n2)cc1. The van der Waals surface area contributed by atoms with Crippen molar-refractivity contribution in [2.75, 3.05) is 33.3 Å². The van der Waals surface area contributed by atoms with Crippen molar-refractivity contribution in [2.45, 2.75) is 13.5 Å². The molecule has 1 amide bonds. The van der Waals surface area contributed by atoms with E-state index in [1.165, 1.54) is 0 Å². The van der Waals surface area contributed by atoms with E-state index in [1.807, 2.05) is 54.3 Å². The van der Waals surface area contributed by atoms with Crippen LogP contribution >= 0.6 is 11.6 Å². The van der Waals surface area contributed by atoms with E-state index in [2.05, 4.69) is 15.0 Å². The third-order valence-electron chi connectivity index (χ3n) is 5.47. The largest absolute Gasteiger partial charge is 0.497 e. The van der Waals surface area contributed by atoms with Crippen LogP contribution in [-0.2, 0) is 11.3 Å². The van der Waals surface area contributed by atoms with Crippen LogP contribution in [0.2, 0.25) is 5.02 Å². The van der Waals surface area contributed by atoms with Crippen LogP contribution in [0.15, 0.2) is 53.1 Å². The summed E-state index contributed by atoms with van der Waals surface area (Å²) >= 11 is 6.15. The zero-order valence-corrected chi connectivity index (χ0v) is 18.9. The normalized spacial score (nSPS) is 14.8. The molecule has 0 unspecified atom stereocenters. The highest BCUT2D eigenvalue weighted by atomic mass is 35.5. The maximum absolute atomic E-state index is 12.5. The second-order valence-corrected chi connectivity index (χ2v) is 8.09. The molecule has 8 heteroatoms. The molecule has 0 bridgehead atoms. The number of amides is 1. The molecule has 0 N–H and O–H groups in total. The van der Waals surface area contributed by atoms with Gasteiger partial charge in [-0.05, 0) is 54.5 Å². The Labute approximate surface area is 192 Å². The molecule has 1 fully saturated rings. The van der Waals surface area contributed by atoms with Crippen molar-refractivity contribution in [1.29, 1.82) is 0 Å². The summed E-state index contributed by atoms with van der Waals surface area (Å²) < 4.78 is 10.6. The summed E-state index contributed by atoms with van der Waals surface area (Å²) in [5, 5.41) is 4.78. The Morgan fingerprint density at radius 1 is 1.16 bits per heavy atom. The van der Waals surface area contributed by atoms with Gasteiger partial charge in [-0.3, -0.25) is 9.69 Å². The van der Waals surface area contributed by atoms with Gasteiger partial charge in [-0.25, -0.2) is 0 Å². The van der Waals surface area contributed by atoms with E-state index in [1.54, 1.807) is 19.3 Å². The number of nitrogens with zero attached hydrogens (tertiary/aromatic N) is 4. The van der Waals surface area contributed by atoms with Gasteiger partial charge < -0.3 is 14.2 Å². The van der Waals surface area contributed by atoms with Crippen LogP contribution in [0.25, 0.3) is 17.5 Å². The molecule has 32 heavy (non-hydrogen) atoms. The smallest absolute Gasteiger partial charge is 0.246 e. The molecule has 2 heterocycles. The molecule has 7 nitrogen and oxygen atoms in total. The lowest BCUT2D eigenvalue weighted by molar-refractivity contribution is -0.127. The minimum absolute atomic E-state index is 0.000861. The lowest BCUT2D eigenvalue weighted by Gasteiger charge is -2.33. The van der Waals surface area contributed by atoms with Crippen molar-refractivity contribution < 1.29 is 14.1 Å². The Kier molecular flexibility index (Phi) is 6.87. The van der Waals surface area contributed by atoms with E-state index < -0.39 is 0 Å². The number of carbonyl (C=O) groups excluding carboxylic acids is 1. The van der Waals surface area contributed by atoms with Crippen LogP contribution in [0, 0.1) is 6.92 Å². The molecule has 1 aromatic heterocycles. The molecule has 1 aliphatic heterocycles. The van der Waals surface area contributed by atoms with Crippen LogP contribution in [0.1, 0.15) is 17.0 Å². The minimum Gasteiger partial charge on any atom is -0.497 e. The predicted molar refractivity (Wildman–Crippen MR) is 123 cm³/mol. The maximum Gasteiger partial charge on any atom is 0.246 e. The van der Waals surface area contributed by atoms with Crippen LogP contribution in [0.4, 0.5) is 0 Å². The van der Waals surface area contributed by atoms with Crippen molar-refractivity contribution in [3.63, 3.8) is 0 Å². The number of benzene rings is 2. The molecule has 2 aromatic carbocycles. The van der Waals surface area contributed by atoms with Gasteiger partial charge in [0.15, 0.2) is 0 Å². The summed E-state index contributed by atoms with van der Waals surface area (Å²) in [4.78, 5) is 21.1. The number of rotatable bonds is 6. The van der Waals surface area contributed by atoms with Gasteiger partial charge in [0.1, 0.15) is 5.75 Å². The molecule has 4 rings (SSSR count). The van der Waals surface area contributed by atoms with Gasteiger partial charge in [-0.15, -0.1) is 0 Å². The fourth-order valence-corrected chi connectivity index (χ4v) is 3.67. The Balaban J connectivity index is 1.28. The molecule has 0 radical (unpaired) electrons. The molecule has 1 saturated heterocycles. The monoisotopic (exact) mass is 452 g/mol. The van der Waals surface area contributed by atoms with Gasteiger partial charge >= 0.3 is 0 Å². The molecule has 0 saturated carbocycles. The van der Waals surface area contributed by atoms with Crippen molar-refractivity contribution >= 4 is 23.6 Å². The standard InChI is InChI=1S/C24H25ClN4O3/c1-17-3-4-18(15-21(17)25)5-10-23(30)29-13-11-28(12-14-29)16-22-26-24(27-32-22)19-6-8-20(31-2)9-7-19/h3-10,15H,11-14,16H2,1-2H3/b10-5+. The van der Waals surface area contributed by atoms with Crippen LogP contribution in [0.3, 0.4) is 0 Å². The molecule has 0 atom stereocenters. The number of hydrogen-bond acceptors (Lipinski definition) is 6. The number of piperazine rings is 1. The zero-order chi connectivity index (χ0) is 22.5. The van der Waals surface area contributed by atoms with E-state index in [-0.39, 0.29) is 5.91 Å². The quantitative estimate of drug-likeness (QED) is 0.525. The Bertz CT molecular complexity index is 1100. The van der Waals surface area contributed by atoms with E-state index in [0.29, 0.717) is 36.4 Å². The highest BCUT2D eigenvalue weighted by molar-refractivity contribution is 6.31. The topological polar surface area (TPSA) is 71.7 Å². The minimum atomic E-state index is 0.000861. The van der Waals surface area contributed by atoms with Gasteiger partial charge in [0.05, 0.1) is 13.7 Å². The molecule has 1 aliphatic rings. The van der Waals surface area contributed by atoms with Crippen LogP contribution in [0.5, 0.6) is 5.75 Å². The van der Waals surface area contributed by atoms with Gasteiger partial charge in [-0.2, -0.15) is 4.98 Å². The fraction of sp³-hybridized carbons (Fsp3) is 0.292. The Morgan fingerprint density at radius 3 is 2.59 bits per heavy atom. The number of hydrogen-bond donors (Lipinski definition) is 0. The summed E-state index contributed by atoms with van der Waals surface area (Å²) in [7, 11) is 1.63. The highest BCUT2D eigenvalue weighted by Crippen LogP contribution is 2.21. The summed E-state index contributed by atoms with van der Waals surface area (Å²) in [6.45, 7) is 5.30. The number of carbonyl (C=O) groups is 1. The first kappa shape index (κ1) is 22.0. The van der Waals surface area contributed by atoms with Gasteiger partial charge in [0.2, 0.25) is 17.6 Å². The van der Waals surface area contributed by atoms with E-state index in [4.69, 9.17) is 20.9 Å². The highest BCUT2D eigenvalue weighted by Gasteiger charge is 2.21. The summed E-state index contributed by atoms with van der Waals surface area (Å²) in [6.07, 6.45) is 3.41. The summed E-state index contributed by atoms with van der Waals surface area (Å²) in [6, 6.07) is 13.3. The first-order chi connectivity index (χ1) is 15.5. The zero-order valence-electron chi connectivity index (χ0n) is 18.1. The first-order valence-electron chi connectivity index (χ1n) is 10.4. The van der Waals surface area contributed by atoms with Crippen molar-refractivity contribution in [3.8, 4) is 17.1 Å². The van der Waals surface area contributed by atoms with Crippen molar-refractivity contribution in [1.82, 2.24) is 19.9 Å². The third kappa shape index (κ3) is 5.36. The van der Waals surface area contributed by atoms with E-state index in [0.717, 1.165) is 35.5 Å². The Hall–Kier alpha value is -3.16. The molecule has 0 spiro atoms. The molecular formula is C24H25ClN4O3. The molecule has 166 valence electrons. The fourth-order valence-electron chi connectivity index (χ4n) is 3.48. The average molecular weight is 453 g/mol. The number of halogens is 1. The van der Waals surface area contributed by atoms with Crippen molar-refractivity contribution in [3.05, 3.63) is 70.6 Å². The molecule has 3 aromatic rings. The van der Waals surface area contributed by atoms with Gasteiger partial charge in [0.25, 0.3) is 0 Å². The second-order valence-electron chi connectivity index (χ2n) is 7.68. The second kappa shape index (κ2) is 9.97. The molecule has 0 aliphatic carbocycles. The van der Waals surface area contributed by atoms with E-state index in [9.17, 15) is 4.79 Å².